The Morgan fingerprint density at radius 3 is 2.63 bits per heavy atom. The number of hydrogen-bond acceptors (Lipinski definition) is 3. The van der Waals surface area contributed by atoms with Gasteiger partial charge in [-0.2, -0.15) is 0 Å². The molecular weight excluding hydrogens is 236 g/mol. The summed E-state index contributed by atoms with van der Waals surface area (Å²) in [6.07, 6.45) is 4.06. The zero-order valence-corrected chi connectivity index (χ0v) is 13.8. The Morgan fingerprint density at radius 1 is 1.42 bits per heavy atom. The summed E-state index contributed by atoms with van der Waals surface area (Å²) in [4.78, 5) is 2.57. The van der Waals surface area contributed by atoms with Crippen LogP contribution in [-0.2, 0) is 4.74 Å². The van der Waals surface area contributed by atoms with Crippen LogP contribution in [0, 0.1) is 11.3 Å². The van der Waals surface area contributed by atoms with Gasteiger partial charge in [0.15, 0.2) is 0 Å². The van der Waals surface area contributed by atoms with E-state index in [1.165, 1.54) is 25.8 Å². The zero-order valence-electron chi connectivity index (χ0n) is 13.8. The van der Waals surface area contributed by atoms with Crippen molar-refractivity contribution in [2.75, 3.05) is 33.9 Å². The number of hydrogen-bond donors (Lipinski definition) is 1. The number of likely N-dealkylation sites (N-methyl/N-ethyl adjacent to an activating group) is 1. The molecule has 3 unspecified atom stereocenters. The summed E-state index contributed by atoms with van der Waals surface area (Å²) in [5.74, 6) is 0.757. The molecule has 0 aliphatic heterocycles. The summed E-state index contributed by atoms with van der Waals surface area (Å²) in [6.45, 7) is 12.5. The molecule has 1 N–H and O–H groups in total. The summed E-state index contributed by atoms with van der Waals surface area (Å²) in [6, 6.07) is 1.14. The van der Waals surface area contributed by atoms with Crippen molar-refractivity contribution in [1.29, 1.82) is 0 Å². The van der Waals surface area contributed by atoms with Gasteiger partial charge in [-0.25, -0.2) is 0 Å². The van der Waals surface area contributed by atoms with Crippen molar-refractivity contribution in [3.8, 4) is 0 Å². The van der Waals surface area contributed by atoms with Crippen molar-refractivity contribution < 1.29 is 4.74 Å². The largest absolute Gasteiger partial charge is 0.383 e. The lowest BCUT2D eigenvalue weighted by atomic mass is 9.67. The van der Waals surface area contributed by atoms with E-state index in [0.29, 0.717) is 17.5 Å². The van der Waals surface area contributed by atoms with Crippen LogP contribution in [-0.4, -0.2) is 50.8 Å². The summed E-state index contributed by atoms with van der Waals surface area (Å²) < 4.78 is 5.31. The molecule has 0 aromatic rings. The predicted molar refractivity (Wildman–Crippen MR) is 82.6 cm³/mol. The third-order valence-electron chi connectivity index (χ3n) is 4.93. The Bertz CT molecular complexity index is 255. The van der Waals surface area contributed by atoms with E-state index in [1.54, 1.807) is 7.11 Å². The van der Waals surface area contributed by atoms with E-state index in [-0.39, 0.29) is 0 Å². The van der Waals surface area contributed by atoms with E-state index in [1.807, 2.05) is 0 Å². The maximum atomic E-state index is 5.31. The van der Waals surface area contributed by atoms with Crippen molar-refractivity contribution in [1.82, 2.24) is 10.2 Å². The molecule has 0 spiro atoms. The highest BCUT2D eigenvalue weighted by Gasteiger charge is 2.38. The second-order valence-corrected chi connectivity index (χ2v) is 6.80. The molecular formula is C16H34N2O. The highest BCUT2D eigenvalue weighted by molar-refractivity contribution is 4.94. The Labute approximate surface area is 120 Å². The first kappa shape index (κ1) is 16.9. The first-order chi connectivity index (χ1) is 8.96. The molecule has 3 nitrogen and oxygen atoms in total. The fraction of sp³-hybridized carbons (Fsp3) is 1.00. The number of ether oxygens (including phenoxy) is 1. The number of nitrogens with one attached hydrogen (secondary N) is 1. The van der Waals surface area contributed by atoms with Gasteiger partial charge in [0, 0.05) is 25.7 Å². The minimum atomic E-state index is 0.418. The van der Waals surface area contributed by atoms with Gasteiger partial charge in [-0.15, -0.1) is 0 Å². The fourth-order valence-corrected chi connectivity index (χ4v) is 3.87. The van der Waals surface area contributed by atoms with Crippen LogP contribution < -0.4 is 5.32 Å². The lowest BCUT2D eigenvalue weighted by Gasteiger charge is -2.46. The van der Waals surface area contributed by atoms with Crippen LogP contribution >= 0.6 is 0 Å². The van der Waals surface area contributed by atoms with Gasteiger partial charge in [0.1, 0.15) is 0 Å². The van der Waals surface area contributed by atoms with E-state index < -0.39 is 0 Å². The molecule has 1 aliphatic carbocycles. The summed E-state index contributed by atoms with van der Waals surface area (Å²) in [5.41, 5.74) is 0.418. The molecule has 1 fully saturated rings. The molecule has 3 atom stereocenters. The SMILES string of the molecule is CCN(CC1CCCC(C)(C)C1NC)C(C)COC. The van der Waals surface area contributed by atoms with Gasteiger partial charge in [0.05, 0.1) is 6.61 Å². The Hall–Kier alpha value is -0.120. The van der Waals surface area contributed by atoms with E-state index in [4.69, 9.17) is 4.74 Å². The molecule has 3 heteroatoms. The van der Waals surface area contributed by atoms with Crippen LogP contribution in [0.25, 0.3) is 0 Å². The predicted octanol–water partition coefficient (Wildman–Crippen LogP) is 2.76. The van der Waals surface area contributed by atoms with Crippen LogP contribution in [0.4, 0.5) is 0 Å². The molecule has 0 saturated heterocycles. The molecule has 19 heavy (non-hydrogen) atoms. The Kier molecular flexibility index (Phi) is 6.78. The molecule has 0 bridgehead atoms. The highest BCUT2D eigenvalue weighted by atomic mass is 16.5. The average molecular weight is 270 g/mol. The third kappa shape index (κ3) is 4.44. The second-order valence-electron chi connectivity index (χ2n) is 6.80. The highest BCUT2D eigenvalue weighted by Crippen LogP contribution is 2.39. The van der Waals surface area contributed by atoms with Crippen LogP contribution in [0.2, 0.25) is 0 Å². The maximum absolute atomic E-state index is 5.31. The fourth-order valence-electron chi connectivity index (χ4n) is 3.87. The van der Waals surface area contributed by atoms with Gasteiger partial charge in [0.2, 0.25) is 0 Å². The quantitative estimate of drug-likeness (QED) is 0.770. The standard InChI is InChI=1S/C16H34N2O/c1-7-18(13(2)12-19-6)11-14-9-8-10-16(3,4)15(14)17-5/h13-15,17H,7-12H2,1-6H3. The molecule has 1 aliphatic rings. The smallest absolute Gasteiger partial charge is 0.0615 e. The van der Waals surface area contributed by atoms with Crippen LogP contribution in [0.15, 0.2) is 0 Å². The molecule has 114 valence electrons. The summed E-state index contributed by atoms with van der Waals surface area (Å²) in [7, 11) is 3.92. The Morgan fingerprint density at radius 2 is 2.11 bits per heavy atom. The number of nitrogens with zero attached hydrogens (tertiary/aromatic N) is 1. The molecule has 0 amide bonds. The van der Waals surface area contributed by atoms with Crippen LogP contribution in [0.5, 0.6) is 0 Å². The van der Waals surface area contributed by atoms with Gasteiger partial charge in [0.25, 0.3) is 0 Å². The second kappa shape index (κ2) is 7.61. The van der Waals surface area contributed by atoms with E-state index in [9.17, 15) is 0 Å². The first-order valence-electron chi connectivity index (χ1n) is 7.86. The normalized spacial score (nSPS) is 28.6. The maximum Gasteiger partial charge on any atom is 0.0615 e. The molecule has 0 aromatic carbocycles. The van der Waals surface area contributed by atoms with Crippen molar-refractivity contribution in [2.24, 2.45) is 11.3 Å². The minimum Gasteiger partial charge on any atom is -0.383 e. The van der Waals surface area contributed by atoms with Gasteiger partial charge in [-0.3, -0.25) is 4.90 Å². The van der Waals surface area contributed by atoms with E-state index in [0.717, 1.165) is 19.1 Å². The third-order valence-corrected chi connectivity index (χ3v) is 4.93. The van der Waals surface area contributed by atoms with Crippen molar-refractivity contribution in [3.63, 3.8) is 0 Å². The zero-order chi connectivity index (χ0) is 14.5. The topological polar surface area (TPSA) is 24.5 Å². The summed E-state index contributed by atoms with van der Waals surface area (Å²) in [5, 5.41) is 3.59. The molecule has 0 radical (unpaired) electrons. The average Bonchev–Trinajstić information content (AvgIpc) is 2.35. The van der Waals surface area contributed by atoms with Gasteiger partial charge in [-0.05, 0) is 44.7 Å². The van der Waals surface area contributed by atoms with Gasteiger partial charge in [-0.1, -0.05) is 27.2 Å². The lowest BCUT2D eigenvalue weighted by molar-refractivity contribution is 0.0503. The Balaban J connectivity index is 2.66. The first-order valence-corrected chi connectivity index (χ1v) is 7.86. The van der Waals surface area contributed by atoms with Crippen molar-refractivity contribution in [3.05, 3.63) is 0 Å². The molecule has 0 aromatic heterocycles. The van der Waals surface area contributed by atoms with E-state index >= 15 is 0 Å². The molecule has 1 saturated carbocycles. The van der Waals surface area contributed by atoms with Gasteiger partial charge >= 0.3 is 0 Å². The van der Waals surface area contributed by atoms with Crippen LogP contribution in [0.3, 0.4) is 0 Å². The molecule has 1 rings (SSSR count). The number of methoxy groups -OCH3 is 1. The lowest BCUT2D eigenvalue weighted by Crippen LogP contribution is -2.53. The van der Waals surface area contributed by atoms with Crippen LogP contribution in [0.1, 0.15) is 47.0 Å². The number of rotatable bonds is 7. The van der Waals surface area contributed by atoms with Gasteiger partial charge < -0.3 is 10.1 Å². The minimum absolute atomic E-state index is 0.418. The van der Waals surface area contributed by atoms with E-state index in [2.05, 4.69) is 45.0 Å². The summed E-state index contributed by atoms with van der Waals surface area (Å²) >= 11 is 0. The van der Waals surface area contributed by atoms with Crippen molar-refractivity contribution in [2.45, 2.75) is 59.0 Å². The monoisotopic (exact) mass is 270 g/mol. The van der Waals surface area contributed by atoms with Crippen molar-refractivity contribution >= 4 is 0 Å². The molecule has 0 heterocycles.